The van der Waals surface area contributed by atoms with Crippen LogP contribution in [0.15, 0.2) is 46.1 Å². The number of benzene rings is 2. The first-order chi connectivity index (χ1) is 12.2. The molecule has 0 amide bonds. The average molecular weight is 393 g/mol. The topological polar surface area (TPSA) is 77.4 Å². The van der Waals surface area contributed by atoms with Crippen LogP contribution in [0.5, 0.6) is 5.75 Å². The van der Waals surface area contributed by atoms with Crippen LogP contribution in [-0.2, 0) is 17.1 Å². The summed E-state index contributed by atoms with van der Waals surface area (Å²) >= 11 is 1.08. The molecular weight excluding hydrogens is 372 g/mol. The zero-order valence-electron chi connectivity index (χ0n) is 14.9. The van der Waals surface area contributed by atoms with Crippen LogP contribution in [0.2, 0.25) is 0 Å². The molecule has 1 N–H and O–H groups in total. The van der Waals surface area contributed by atoms with Gasteiger partial charge in [-0.15, -0.1) is 0 Å². The van der Waals surface area contributed by atoms with Crippen LogP contribution in [-0.4, -0.2) is 20.1 Å². The molecule has 3 aromatic rings. The largest absolute Gasteiger partial charge is 0.496 e. The van der Waals surface area contributed by atoms with Crippen molar-refractivity contribution in [2.24, 2.45) is 7.05 Å². The molecule has 0 radical (unpaired) electrons. The predicted octanol–water partition coefficient (Wildman–Crippen LogP) is 3.53. The van der Waals surface area contributed by atoms with Crippen molar-refractivity contribution in [3.8, 4) is 5.75 Å². The van der Waals surface area contributed by atoms with E-state index in [-0.39, 0.29) is 15.7 Å². The monoisotopic (exact) mass is 392 g/mol. The van der Waals surface area contributed by atoms with Crippen LogP contribution in [0, 0.1) is 0 Å². The summed E-state index contributed by atoms with van der Waals surface area (Å²) in [6, 6.07) is 9.87. The summed E-state index contributed by atoms with van der Waals surface area (Å²) in [5.74, 6) is 0.785. The molecule has 26 heavy (non-hydrogen) atoms. The van der Waals surface area contributed by atoms with Gasteiger partial charge in [0.05, 0.1) is 27.9 Å². The van der Waals surface area contributed by atoms with Gasteiger partial charge < -0.3 is 9.30 Å². The number of fused-ring (bicyclic) bond motifs is 1. The highest BCUT2D eigenvalue weighted by Crippen LogP contribution is 2.30. The molecule has 0 bridgehead atoms. The van der Waals surface area contributed by atoms with Gasteiger partial charge in [-0.1, -0.05) is 25.2 Å². The first-order valence-corrected chi connectivity index (χ1v) is 10.3. The quantitative estimate of drug-likeness (QED) is 0.720. The van der Waals surface area contributed by atoms with E-state index in [0.717, 1.165) is 27.1 Å². The predicted molar refractivity (Wildman–Crippen MR) is 105 cm³/mol. The van der Waals surface area contributed by atoms with Gasteiger partial charge >= 0.3 is 4.87 Å². The Morgan fingerprint density at radius 3 is 2.54 bits per heavy atom. The van der Waals surface area contributed by atoms with E-state index in [4.69, 9.17) is 4.74 Å². The lowest BCUT2D eigenvalue weighted by Gasteiger charge is -2.14. The summed E-state index contributed by atoms with van der Waals surface area (Å²) in [7, 11) is -0.498. The molecule has 1 aromatic heterocycles. The molecule has 138 valence electrons. The second-order valence-electron chi connectivity index (χ2n) is 6.27. The molecule has 0 fully saturated rings. The van der Waals surface area contributed by atoms with Gasteiger partial charge in [0.1, 0.15) is 5.75 Å². The van der Waals surface area contributed by atoms with Gasteiger partial charge in [0.15, 0.2) is 0 Å². The van der Waals surface area contributed by atoms with Crippen LogP contribution in [0.1, 0.15) is 25.3 Å². The minimum atomic E-state index is -3.75. The molecule has 0 aliphatic rings. The van der Waals surface area contributed by atoms with E-state index >= 15 is 0 Å². The molecule has 8 heteroatoms. The summed E-state index contributed by atoms with van der Waals surface area (Å²) in [5.41, 5.74) is 2.02. The van der Waals surface area contributed by atoms with Crippen molar-refractivity contribution in [1.82, 2.24) is 4.57 Å². The van der Waals surface area contributed by atoms with Gasteiger partial charge in [-0.25, -0.2) is 8.42 Å². The number of aromatic nitrogens is 1. The molecule has 2 aromatic carbocycles. The third kappa shape index (κ3) is 3.34. The minimum Gasteiger partial charge on any atom is -0.496 e. The number of anilines is 1. The van der Waals surface area contributed by atoms with E-state index in [1.165, 1.54) is 10.6 Å². The Hall–Kier alpha value is -2.32. The number of nitrogens with zero attached hydrogens (tertiary/aromatic N) is 1. The Bertz CT molecular complexity index is 1130. The minimum absolute atomic E-state index is 0.0864. The van der Waals surface area contributed by atoms with E-state index in [2.05, 4.69) is 4.72 Å². The van der Waals surface area contributed by atoms with Crippen LogP contribution in [0.4, 0.5) is 5.69 Å². The third-order valence-corrected chi connectivity index (χ3v) is 6.55. The summed E-state index contributed by atoms with van der Waals surface area (Å²) in [6.45, 7) is 3.96. The molecule has 6 nitrogen and oxygen atoms in total. The van der Waals surface area contributed by atoms with Crippen LogP contribution < -0.4 is 14.3 Å². The summed E-state index contributed by atoms with van der Waals surface area (Å²) in [4.78, 5) is 11.8. The SMILES string of the molecule is COc1ccc(S(=O)(=O)Nc2ccc3c(c2)sc(=O)n3C)cc1C(C)C. The molecule has 0 unspecified atom stereocenters. The van der Waals surface area contributed by atoms with Crippen molar-refractivity contribution in [3.63, 3.8) is 0 Å². The Labute approximate surface area is 156 Å². The molecule has 0 saturated heterocycles. The second-order valence-corrected chi connectivity index (χ2v) is 8.95. The van der Waals surface area contributed by atoms with E-state index in [1.54, 1.807) is 44.5 Å². The lowest BCUT2D eigenvalue weighted by atomic mass is 10.0. The summed E-state index contributed by atoms with van der Waals surface area (Å²) < 4.78 is 35.7. The molecule has 0 atom stereocenters. The van der Waals surface area contributed by atoms with Crippen LogP contribution in [0.3, 0.4) is 0 Å². The smallest absolute Gasteiger partial charge is 0.307 e. The molecule has 0 spiro atoms. The number of aryl methyl sites for hydroxylation is 1. The van der Waals surface area contributed by atoms with E-state index in [1.807, 2.05) is 13.8 Å². The van der Waals surface area contributed by atoms with Gasteiger partial charge in [-0.3, -0.25) is 9.52 Å². The Balaban J connectivity index is 1.99. The van der Waals surface area contributed by atoms with Gasteiger partial charge in [-0.2, -0.15) is 0 Å². The summed E-state index contributed by atoms with van der Waals surface area (Å²) in [6.07, 6.45) is 0. The number of thiazole rings is 1. The normalized spacial score (nSPS) is 11.9. The van der Waals surface area contributed by atoms with Gasteiger partial charge in [0.25, 0.3) is 10.0 Å². The highest BCUT2D eigenvalue weighted by atomic mass is 32.2. The number of nitrogens with one attached hydrogen (secondary N) is 1. The van der Waals surface area contributed by atoms with Crippen LogP contribution in [0.25, 0.3) is 10.2 Å². The Morgan fingerprint density at radius 2 is 1.88 bits per heavy atom. The van der Waals surface area contributed by atoms with E-state index in [0.29, 0.717) is 11.4 Å². The maximum atomic E-state index is 12.8. The van der Waals surface area contributed by atoms with Crippen molar-refractivity contribution in [2.75, 3.05) is 11.8 Å². The number of ether oxygens (including phenoxy) is 1. The highest BCUT2D eigenvalue weighted by Gasteiger charge is 2.18. The van der Waals surface area contributed by atoms with Crippen molar-refractivity contribution in [3.05, 3.63) is 51.6 Å². The second kappa shape index (κ2) is 6.77. The van der Waals surface area contributed by atoms with Crippen LogP contribution >= 0.6 is 11.3 Å². The van der Waals surface area contributed by atoms with Gasteiger partial charge in [0.2, 0.25) is 0 Å². The molecule has 0 aliphatic carbocycles. The van der Waals surface area contributed by atoms with Crippen molar-refractivity contribution < 1.29 is 13.2 Å². The average Bonchev–Trinajstić information content (AvgIpc) is 2.87. The van der Waals surface area contributed by atoms with E-state index in [9.17, 15) is 13.2 Å². The molecular formula is C18H20N2O4S2. The van der Waals surface area contributed by atoms with Crippen molar-refractivity contribution in [2.45, 2.75) is 24.7 Å². The molecule has 0 saturated carbocycles. The highest BCUT2D eigenvalue weighted by molar-refractivity contribution is 7.92. The fourth-order valence-corrected chi connectivity index (χ4v) is 4.75. The Morgan fingerprint density at radius 1 is 1.15 bits per heavy atom. The lowest BCUT2D eigenvalue weighted by molar-refractivity contribution is 0.407. The first kappa shape index (κ1) is 18.5. The molecule has 1 heterocycles. The number of sulfonamides is 1. The number of rotatable bonds is 5. The first-order valence-electron chi connectivity index (χ1n) is 8.03. The number of hydrogen-bond acceptors (Lipinski definition) is 5. The number of methoxy groups -OCH3 is 1. The Kier molecular flexibility index (Phi) is 4.81. The van der Waals surface area contributed by atoms with Gasteiger partial charge in [-0.05, 0) is 47.9 Å². The van der Waals surface area contributed by atoms with Gasteiger partial charge in [0, 0.05) is 7.05 Å². The zero-order chi connectivity index (χ0) is 19.1. The van der Waals surface area contributed by atoms with Crippen molar-refractivity contribution >= 4 is 37.3 Å². The zero-order valence-corrected chi connectivity index (χ0v) is 16.6. The maximum absolute atomic E-state index is 12.8. The number of hydrogen-bond donors (Lipinski definition) is 1. The fraction of sp³-hybridized carbons (Fsp3) is 0.278. The lowest BCUT2D eigenvalue weighted by Crippen LogP contribution is -2.13. The summed E-state index contributed by atoms with van der Waals surface area (Å²) in [5, 5.41) is 0. The molecule has 3 rings (SSSR count). The van der Waals surface area contributed by atoms with E-state index < -0.39 is 10.0 Å². The third-order valence-electron chi connectivity index (χ3n) is 4.18. The fourth-order valence-electron chi connectivity index (χ4n) is 2.74. The molecule has 0 aliphatic heterocycles. The maximum Gasteiger partial charge on any atom is 0.307 e. The van der Waals surface area contributed by atoms with Crippen molar-refractivity contribution in [1.29, 1.82) is 0 Å². The standard InChI is InChI=1S/C18H20N2O4S2/c1-11(2)14-10-13(6-8-16(14)24-4)26(22,23)19-12-5-7-15-17(9-12)25-18(21)20(15)3/h5-11,19H,1-4H3.